The average Bonchev–Trinajstić information content (AvgIpc) is 2.96. The van der Waals surface area contributed by atoms with Crippen LogP contribution in [0.4, 0.5) is 0 Å². The van der Waals surface area contributed by atoms with Crippen LogP contribution in [0, 0.1) is 10.8 Å². The third-order valence-electron chi connectivity index (χ3n) is 4.67. The van der Waals surface area contributed by atoms with Gasteiger partial charge < -0.3 is 15.4 Å². The number of carbonyl (C=O) groups is 1. The van der Waals surface area contributed by atoms with Crippen molar-refractivity contribution in [3.05, 3.63) is 23.7 Å². The van der Waals surface area contributed by atoms with Crippen LogP contribution in [0.3, 0.4) is 0 Å². The van der Waals surface area contributed by atoms with E-state index in [0.717, 1.165) is 12.1 Å². The first-order valence-corrected chi connectivity index (χ1v) is 7.97. The molecule has 0 radical (unpaired) electrons. The van der Waals surface area contributed by atoms with E-state index >= 15 is 0 Å². The van der Waals surface area contributed by atoms with E-state index in [1.165, 1.54) is 0 Å². The number of aliphatic hydroxyl groups is 1. The number of aromatic amines is 1. The number of hydrogen-bond donors (Lipinski definition) is 3. The van der Waals surface area contributed by atoms with E-state index in [2.05, 4.69) is 34.1 Å². The van der Waals surface area contributed by atoms with Gasteiger partial charge in [-0.05, 0) is 11.8 Å². The number of aliphatic hydroxyl groups excluding tert-OH is 1. The molecule has 1 saturated carbocycles. The molecule has 0 spiro atoms. The minimum Gasteiger partial charge on any atom is -0.396 e. The molecule has 1 aliphatic rings. The largest absolute Gasteiger partial charge is 0.396 e. The smallest absolute Gasteiger partial charge is 0.255 e. The second-order valence-corrected chi connectivity index (χ2v) is 7.94. The van der Waals surface area contributed by atoms with Gasteiger partial charge in [-0.2, -0.15) is 0 Å². The molecule has 0 aliphatic heterocycles. The van der Waals surface area contributed by atoms with Gasteiger partial charge in [-0.25, -0.2) is 9.97 Å². The van der Waals surface area contributed by atoms with Gasteiger partial charge >= 0.3 is 0 Å². The Labute approximate surface area is 135 Å². The van der Waals surface area contributed by atoms with Gasteiger partial charge in [-0.15, -0.1) is 0 Å². The van der Waals surface area contributed by atoms with Crippen LogP contribution < -0.4 is 5.32 Å². The van der Waals surface area contributed by atoms with Crippen LogP contribution in [0.25, 0.3) is 11.2 Å². The molecule has 3 N–H and O–H groups in total. The summed E-state index contributed by atoms with van der Waals surface area (Å²) in [6.45, 7) is 8.64. The first kappa shape index (κ1) is 15.9. The molecule has 1 aliphatic carbocycles. The Bertz CT molecular complexity index is 748. The fourth-order valence-corrected chi connectivity index (χ4v) is 2.69. The summed E-state index contributed by atoms with van der Waals surface area (Å²) >= 11 is 0. The van der Waals surface area contributed by atoms with E-state index in [-0.39, 0.29) is 23.3 Å². The number of hydrogen-bond acceptors (Lipinski definition) is 4. The van der Waals surface area contributed by atoms with E-state index in [0.29, 0.717) is 29.2 Å². The van der Waals surface area contributed by atoms with Gasteiger partial charge in [-0.1, -0.05) is 27.7 Å². The Morgan fingerprint density at radius 2 is 2.22 bits per heavy atom. The molecule has 2 heterocycles. The predicted octanol–water partition coefficient (Wildman–Crippen LogP) is 2.22. The summed E-state index contributed by atoms with van der Waals surface area (Å²) in [4.78, 5) is 24.5. The second kappa shape index (κ2) is 5.30. The van der Waals surface area contributed by atoms with Crippen LogP contribution in [-0.2, 0) is 0 Å². The van der Waals surface area contributed by atoms with Crippen molar-refractivity contribution in [3.8, 4) is 0 Å². The molecule has 23 heavy (non-hydrogen) atoms. The maximum absolute atomic E-state index is 12.4. The molecule has 1 atom stereocenters. The predicted molar refractivity (Wildman–Crippen MR) is 88.2 cm³/mol. The van der Waals surface area contributed by atoms with Crippen molar-refractivity contribution >= 4 is 17.1 Å². The van der Waals surface area contributed by atoms with E-state index < -0.39 is 0 Å². The van der Waals surface area contributed by atoms with Crippen LogP contribution in [0.5, 0.6) is 0 Å². The highest BCUT2D eigenvalue weighted by Crippen LogP contribution is 2.57. The summed E-state index contributed by atoms with van der Waals surface area (Å²) in [5, 5.41) is 12.1. The van der Waals surface area contributed by atoms with Gasteiger partial charge in [0.1, 0.15) is 5.52 Å². The summed E-state index contributed by atoms with van der Waals surface area (Å²) in [5.74, 6) is 0.220. The minimum absolute atomic E-state index is 0.0158. The van der Waals surface area contributed by atoms with Crippen LogP contribution in [0.15, 0.2) is 12.4 Å². The van der Waals surface area contributed by atoms with Crippen LogP contribution in [0.2, 0.25) is 0 Å². The Balaban J connectivity index is 1.83. The first-order chi connectivity index (χ1) is 10.7. The number of nitrogens with one attached hydrogen (secondary N) is 2. The summed E-state index contributed by atoms with van der Waals surface area (Å²) in [6, 6.07) is 0. The fraction of sp³-hybridized carbons (Fsp3) is 0.588. The molecule has 2 aromatic heterocycles. The van der Waals surface area contributed by atoms with E-state index in [1.54, 1.807) is 12.4 Å². The van der Waals surface area contributed by atoms with Crippen LogP contribution in [-0.4, -0.2) is 39.1 Å². The molecule has 1 fully saturated rings. The molecule has 6 nitrogen and oxygen atoms in total. The maximum atomic E-state index is 12.4. The lowest BCUT2D eigenvalue weighted by molar-refractivity contribution is 0.0912. The Morgan fingerprint density at radius 1 is 1.52 bits per heavy atom. The quantitative estimate of drug-likeness (QED) is 0.789. The lowest BCUT2D eigenvalue weighted by Gasteiger charge is -2.21. The standard InChI is InChI=1S/C17H24N4O2/c1-16(2,9-22)8-20-15(23)10-6-18-14-13(10)21-12(7-19-14)11-5-17(11,3)4/h6-7,11,22H,5,8-9H2,1-4H3,(H,18,19)(H,20,23). The average molecular weight is 316 g/mol. The maximum Gasteiger partial charge on any atom is 0.255 e. The summed E-state index contributed by atoms with van der Waals surface area (Å²) < 4.78 is 0. The zero-order valence-electron chi connectivity index (χ0n) is 14.1. The zero-order valence-corrected chi connectivity index (χ0v) is 14.1. The van der Waals surface area contributed by atoms with Gasteiger partial charge in [0.15, 0.2) is 5.65 Å². The number of amides is 1. The van der Waals surface area contributed by atoms with Crippen molar-refractivity contribution in [1.82, 2.24) is 20.3 Å². The molecule has 0 bridgehead atoms. The summed E-state index contributed by atoms with van der Waals surface area (Å²) in [5.41, 5.74) is 2.61. The van der Waals surface area contributed by atoms with Crippen molar-refractivity contribution in [2.24, 2.45) is 10.8 Å². The highest BCUT2D eigenvalue weighted by molar-refractivity contribution is 6.04. The normalized spacial score (nSPS) is 19.8. The van der Waals surface area contributed by atoms with Crippen molar-refractivity contribution in [2.75, 3.05) is 13.2 Å². The van der Waals surface area contributed by atoms with Crippen molar-refractivity contribution in [1.29, 1.82) is 0 Å². The molecule has 6 heteroatoms. The molecular weight excluding hydrogens is 292 g/mol. The number of H-pyrrole nitrogens is 1. The monoisotopic (exact) mass is 316 g/mol. The van der Waals surface area contributed by atoms with Crippen molar-refractivity contribution < 1.29 is 9.90 Å². The Hall–Kier alpha value is -1.95. The van der Waals surface area contributed by atoms with E-state index in [4.69, 9.17) is 0 Å². The lowest BCUT2D eigenvalue weighted by Crippen LogP contribution is -2.36. The highest BCUT2D eigenvalue weighted by atomic mass is 16.3. The number of carbonyl (C=O) groups excluding carboxylic acids is 1. The van der Waals surface area contributed by atoms with Crippen molar-refractivity contribution in [2.45, 2.75) is 40.0 Å². The molecule has 2 aromatic rings. The Morgan fingerprint density at radius 3 is 2.83 bits per heavy atom. The van der Waals surface area contributed by atoms with Gasteiger partial charge in [0, 0.05) is 30.7 Å². The summed E-state index contributed by atoms with van der Waals surface area (Å²) in [6.07, 6.45) is 4.55. The highest BCUT2D eigenvalue weighted by Gasteiger charge is 2.47. The number of nitrogens with zero attached hydrogens (tertiary/aromatic N) is 2. The van der Waals surface area contributed by atoms with Gasteiger partial charge in [-0.3, -0.25) is 4.79 Å². The van der Waals surface area contributed by atoms with E-state index in [1.807, 2.05) is 13.8 Å². The molecule has 0 aromatic carbocycles. The van der Waals surface area contributed by atoms with Gasteiger partial charge in [0.25, 0.3) is 5.91 Å². The lowest BCUT2D eigenvalue weighted by atomic mass is 9.95. The number of aromatic nitrogens is 3. The van der Waals surface area contributed by atoms with Crippen LogP contribution >= 0.6 is 0 Å². The van der Waals surface area contributed by atoms with Crippen LogP contribution in [0.1, 0.15) is 56.1 Å². The summed E-state index contributed by atoms with van der Waals surface area (Å²) in [7, 11) is 0. The van der Waals surface area contributed by atoms with E-state index in [9.17, 15) is 9.90 Å². The SMILES string of the molecule is CC(C)(CO)CNC(=O)c1c[nH]c2ncc(C3CC3(C)C)nc12. The molecule has 0 saturated heterocycles. The minimum atomic E-state index is -0.351. The Kier molecular flexibility index (Phi) is 3.67. The molecular formula is C17H24N4O2. The van der Waals surface area contributed by atoms with Crippen molar-refractivity contribution in [3.63, 3.8) is 0 Å². The first-order valence-electron chi connectivity index (χ1n) is 7.97. The third kappa shape index (κ3) is 3.08. The third-order valence-corrected chi connectivity index (χ3v) is 4.67. The number of rotatable bonds is 5. The number of fused-ring (bicyclic) bond motifs is 1. The van der Waals surface area contributed by atoms with Gasteiger partial charge in [0.05, 0.1) is 17.5 Å². The molecule has 1 amide bonds. The molecule has 3 rings (SSSR count). The van der Waals surface area contributed by atoms with Gasteiger partial charge in [0.2, 0.25) is 0 Å². The molecule has 1 unspecified atom stereocenters. The second-order valence-electron chi connectivity index (χ2n) is 7.94. The zero-order chi connectivity index (χ0) is 16.8. The molecule has 124 valence electrons. The fourth-order valence-electron chi connectivity index (χ4n) is 2.69. The topological polar surface area (TPSA) is 90.9 Å².